The van der Waals surface area contributed by atoms with Crippen molar-refractivity contribution < 1.29 is 9.13 Å². The molecule has 0 aliphatic heterocycles. The van der Waals surface area contributed by atoms with Crippen LogP contribution >= 0.6 is 11.6 Å². The third-order valence-corrected chi connectivity index (χ3v) is 2.86. The molecule has 0 unspecified atom stereocenters. The van der Waals surface area contributed by atoms with Gasteiger partial charge in [0.15, 0.2) is 0 Å². The summed E-state index contributed by atoms with van der Waals surface area (Å²) in [5.41, 5.74) is 1.63. The lowest BCUT2D eigenvalue weighted by Crippen LogP contribution is -1.98. The molecule has 3 nitrogen and oxygen atoms in total. The van der Waals surface area contributed by atoms with Gasteiger partial charge in [0.2, 0.25) is 0 Å². The third-order valence-electron chi connectivity index (χ3n) is 2.57. The van der Waals surface area contributed by atoms with Crippen molar-refractivity contribution in [3.63, 3.8) is 0 Å². The Morgan fingerprint density at radius 3 is 2.94 bits per heavy atom. The van der Waals surface area contributed by atoms with E-state index < -0.39 is 0 Å². The topological polar surface area (TPSA) is 27.1 Å². The Morgan fingerprint density at radius 1 is 1.44 bits per heavy atom. The fraction of sp³-hybridized carbons (Fsp3) is 0.308. The fourth-order valence-electron chi connectivity index (χ4n) is 1.61. The van der Waals surface area contributed by atoms with Gasteiger partial charge in [0.1, 0.15) is 18.2 Å². The highest BCUT2D eigenvalue weighted by molar-refractivity contribution is 6.17. The molecule has 0 N–H and O–H groups in total. The molecule has 0 aliphatic carbocycles. The van der Waals surface area contributed by atoms with Crippen molar-refractivity contribution >= 4 is 11.6 Å². The molecular formula is C13H14ClFN2O. The minimum absolute atomic E-state index is 0.224. The van der Waals surface area contributed by atoms with Crippen molar-refractivity contribution in [2.24, 2.45) is 0 Å². The van der Waals surface area contributed by atoms with Crippen molar-refractivity contribution in [1.82, 2.24) is 9.78 Å². The van der Waals surface area contributed by atoms with Crippen LogP contribution in [-0.2, 0) is 19.0 Å². The van der Waals surface area contributed by atoms with E-state index in [4.69, 9.17) is 16.3 Å². The molecule has 0 saturated heterocycles. The SMILES string of the molecule is CCn1cc(COc2ccc(F)cc2CCl)cn1. The Labute approximate surface area is 110 Å². The number of rotatable bonds is 5. The average molecular weight is 269 g/mol. The minimum Gasteiger partial charge on any atom is -0.488 e. The lowest BCUT2D eigenvalue weighted by molar-refractivity contribution is 0.303. The van der Waals surface area contributed by atoms with Gasteiger partial charge in [-0.05, 0) is 25.1 Å². The lowest BCUT2D eigenvalue weighted by Gasteiger charge is -2.08. The van der Waals surface area contributed by atoms with Gasteiger partial charge in [-0.25, -0.2) is 4.39 Å². The second-order valence-corrected chi connectivity index (χ2v) is 4.15. The molecule has 18 heavy (non-hydrogen) atoms. The maximum Gasteiger partial charge on any atom is 0.124 e. The van der Waals surface area contributed by atoms with Crippen LogP contribution in [0.4, 0.5) is 4.39 Å². The van der Waals surface area contributed by atoms with Gasteiger partial charge in [-0.2, -0.15) is 5.10 Å². The minimum atomic E-state index is -0.309. The Kier molecular flexibility index (Phi) is 4.20. The highest BCUT2D eigenvalue weighted by Crippen LogP contribution is 2.22. The molecule has 2 aromatic rings. The van der Waals surface area contributed by atoms with Gasteiger partial charge in [0.25, 0.3) is 0 Å². The number of ether oxygens (including phenoxy) is 1. The van der Waals surface area contributed by atoms with E-state index >= 15 is 0 Å². The second kappa shape index (κ2) is 5.87. The van der Waals surface area contributed by atoms with Crippen LogP contribution in [0.25, 0.3) is 0 Å². The number of hydrogen-bond acceptors (Lipinski definition) is 2. The Morgan fingerprint density at radius 2 is 2.28 bits per heavy atom. The third kappa shape index (κ3) is 3.01. The highest BCUT2D eigenvalue weighted by atomic mass is 35.5. The standard InChI is InChI=1S/C13H14ClFN2O/c1-2-17-8-10(7-16-17)9-18-13-4-3-12(15)5-11(13)6-14/h3-5,7-8H,2,6,9H2,1H3. The number of nitrogens with zero attached hydrogens (tertiary/aromatic N) is 2. The smallest absolute Gasteiger partial charge is 0.124 e. The van der Waals surface area contributed by atoms with E-state index in [0.717, 1.165) is 12.1 Å². The molecule has 0 saturated carbocycles. The maximum atomic E-state index is 13.0. The average Bonchev–Trinajstić information content (AvgIpc) is 2.85. The van der Waals surface area contributed by atoms with Gasteiger partial charge < -0.3 is 4.74 Å². The Bertz CT molecular complexity index is 527. The van der Waals surface area contributed by atoms with E-state index in [0.29, 0.717) is 17.9 Å². The number of hydrogen-bond donors (Lipinski definition) is 0. The largest absolute Gasteiger partial charge is 0.488 e. The Balaban J connectivity index is 2.05. The molecule has 96 valence electrons. The normalized spacial score (nSPS) is 10.6. The van der Waals surface area contributed by atoms with Crippen LogP contribution in [0.3, 0.4) is 0 Å². The number of halogens is 2. The molecule has 1 aromatic carbocycles. The van der Waals surface area contributed by atoms with Gasteiger partial charge in [-0.1, -0.05) is 0 Å². The van der Waals surface area contributed by atoms with Crippen LogP contribution in [0.5, 0.6) is 5.75 Å². The van der Waals surface area contributed by atoms with Crippen LogP contribution in [-0.4, -0.2) is 9.78 Å². The first kappa shape index (κ1) is 12.9. The first-order valence-electron chi connectivity index (χ1n) is 5.71. The van der Waals surface area contributed by atoms with Crippen LogP contribution < -0.4 is 4.74 Å². The summed E-state index contributed by atoms with van der Waals surface area (Å²) in [6, 6.07) is 4.34. The summed E-state index contributed by atoms with van der Waals surface area (Å²) in [7, 11) is 0. The Hall–Kier alpha value is -1.55. The van der Waals surface area contributed by atoms with E-state index in [-0.39, 0.29) is 11.7 Å². The predicted octanol–water partition coefficient (Wildman–Crippen LogP) is 3.36. The molecular weight excluding hydrogens is 255 g/mol. The van der Waals surface area contributed by atoms with E-state index in [1.807, 2.05) is 17.8 Å². The monoisotopic (exact) mass is 268 g/mol. The van der Waals surface area contributed by atoms with Crippen LogP contribution in [0.1, 0.15) is 18.1 Å². The second-order valence-electron chi connectivity index (χ2n) is 3.88. The molecule has 1 aromatic heterocycles. The van der Waals surface area contributed by atoms with Crippen molar-refractivity contribution in [2.45, 2.75) is 26.0 Å². The molecule has 0 amide bonds. The summed E-state index contributed by atoms with van der Waals surface area (Å²) in [5, 5.41) is 4.15. The van der Waals surface area contributed by atoms with Gasteiger partial charge in [0.05, 0.1) is 12.1 Å². The highest BCUT2D eigenvalue weighted by Gasteiger charge is 2.05. The predicted molar refractivity (Wildman–Crippen MR) is 68.2 cm³/mol. The summed E-state index contributed by atoms with van der Waals surface area (Å²) in [5.74, 6) is 0.522. The van der Waals surface area contributed by atoms with Gasteiger partial charge in [0, 0.05) is 23.9 Å². The summed E-state index contributed by atoms with van der Waals surface area (Å²) in [4.78, 5) is 0. The van der Waals surface area contributed by atoms with Crippen LogP contribution in [0, 0.1) is 5.82 Å². The first-order valence-corrected chi connectivity index (χ1v) is 6.25. The van der Waals surface area contributed by atoms with Crippen molar-refractivity contribution in [2.75, 3.05) is 0 Å². The molecule has 1 heterocycles. The van der Waals surface area contributed by atoms with Gasteiger partial charge >= 0.3 is 0 Å². The molecule has 0 radical (unpaired) electrons. The fourth-order valence-corrected chi connectivity index (χ4v) is 1.82. The molecule has 0 spiro atoms. The summed E-state index contributed by atoms with van der Waals surface area (Å²) in [6.45, 7) is 3.24. The van der Waals surface area contributed by atoms with Crippen molar-refractivity contribution in [1.29, 1.82) is 0 Å². The first-order chi connectivity index (χ1) is 8.72. The summed E-state index contributed by atoms with van der Waals surface area (Å²) in [6.07, 6.45) is 3.68. The van der Waals surface area contributed by atoms with Gasteiger partial charge in [-0.15, -0.1) is 11.6 Å². The van der Waals surface area contributed by atoms with E-state index in [9.17, 15) is 4.39 Å². The number of alkyl halides is 1. The number of aromatic nitrogens is 2. The van der Waals surface area contributed by atoms with E-state index in [1.165, 1.54) is 12.1 Å². The van der Waals surface area contributed by atoms with E-state index in [1.54, 1.807) is 12.3 Å². The molecule has 0 bridgehead atoms. The summed E-state index contributed by atoms with van der Waals surface area (Å²) < 4.78 is 20.5. The zero-order chi connectivity index (χ0) is 13.0. The van der Waals surface area contributed by atoms with Gasteiger partial charge in [-0.3, -0.25) is 4.68 Å². The van der Waals surface area contributed by atoms with Crippen LogP contribution in [0.2, 0.25) is 0 Å². The lowest BCUT2D eigenvalue weighted by atomic mass is 10.2. The van der Waals surface area contributed by atoms with Crippen molar-refractivity contribution in [3.05, 3.63) is 47.5 Å². The molecule has 0 aliphatic rings. The van der Waals surface area contributed by atoms with Crippen LogP contribution in [0.15, 0.2) is 30.6 Å². The zero-order valence-corrected chi connectivity index (χ0v) is 10.8. The summed E-state index contributed by atoms with van der Waals surface area (Å²) >= 11 is 5.75. The maximum absolute atomic E-state index is 13.0. The molecule has 5 heteroatoms. The number of aryl methyl sites for hydroxylation is 1. The number of benzene rings is 1. The molecule has 0 fully saturated rings. The quantitative estimate of drug-likeness (QED) is 0.778. The molecule has 0 atom stereocenters. The zero-order valence-electron chi connectivity index (χ0n) is 10.1. The van der Waals surface area contributed by atoms with E-state index in [2.05, 4.69) is 5.10 Å². The van der Waals surface area contributed by atoms with Crippen molar-refractivity contribution in [3.8, 4) is 5.75 Å². The molecule has 2 rings (SSSR count).